The van der Waals surface area contributed by atoms with Crippen molar-refractivity contribution in [2.75, 3.05) is 0 Å². The topological polar surface area (TPSA) is 66.8 Å². The highest BCUT2D eigenvalue weighted by atomic mass is 16.5. The molecule has 4 heteroatoms. The van der Waals surface area contributed by atoms with E-state index in [1.807, 2.05) is 13.0 Å². The van der Waals surface area contributed by atoms with Crippen molar-refractivity contribution in [1.29, 1.82) is 0 Å². The molecule has 0 spiro atoms. The van der Waals surface area contributed by atoms with Crippen LogP contribution in [0.1, 0.15) is 62.2 Å². The van der Waals surface area contributed by atoms with Crippen LogP contribution >= 0.6 is 0 Å². The SMILES string of the molecule is CCC(O)CCCCCC(O)C#CC#CC/C=C/OC(=O)c1ccccc1. The van der Waals surface area contributed by atoms with Gasteiger partial charge in [0.25, 0.3) is 0 Å². The Morgan fingerprint density at radius 2 is 1.85 bits per heavy atom. The maximum absolute atomic E-state index is 11.7. The van der Waals surface area contributed by atoms with Gasteiger partial charge in [0, 0.05) is 6.42 Å². The van der Waals surface area contributed by atoms with Gasteiger partial charge in [0.1, 0.15) is 6.10 Å². The zero-order valence-corrected chi connectivity index (χ0v) is 15.9. The molecule has 0 fully saturated rings. The normalized spacial score (nSPS) is 12.4. The Morgan fingerprint density at radius 3 is 2.59 bits per heavy atom. The first-order valence-electron chi connectivity index (χ1n) is 9.39. The quantitative estimate of drug-likeness (QED) is 0.285. The van der Waals surface area contributed by atoms with E-state index < -0.39 is 12.1 Å². The fourth-order valence-electron chi connectivity index (χ4n) is 2.24. The number of hydrogen-bond acceptors (Lipinski definition) is 4. The first-order chi connectivity index (χ1) is 13.1. The lowest BCUT2D eigenvalue weighted by Gasteiger charge is -2.07. The number of benzene rings is 1. The van der Waals surface area contributed by atoms with Gasteiger partial charge in [-0.25, -0.2) is 4.79 Å². The number of hydrogen-bond donors (Lipinski definition) is 2. The number of rotatable bonds is 10. The molecule has 2 N–H and O–H groups in total. The summed E-state index contributed by atoms with van der Waals surface area (Å²) in [5, 5.41) is 19.2. The van der Waals surface area contributed by atoms with Crippen molar-refractivity contribution in [2.45, 2.75) is 64.1 Å². The average Bonchev–Trinajstić information content (AvgIpc) is 2.69. The van der Waals surface area contributed by atoms with Crippen LogP contribution in [-0.2, 0) is 4.74 Å². The Bertz CT molecular complexity index is 686. The lowest BCUT2D eigenvalue weighted by atomic mass is 10.1. The molecule has 1 rings (SSSR count). The van der Waals surface area contributed by atoms with Crippen LogP contribution in [0.15, 0.2) is 42.7 Å². The summed E-state index contributed by atoms with van der Waals surface area (Å²) in [6.45, 7) is 1.97. The van der Waals surface area contributed by atoms with Gasteiger partial charge in [-0.15, -0.1) is 0 Å². The van der Waals surface area contributed by atoms with Gasteiger partial charge in [0.15, 0.2) is 0 Å². The molecule has 0 radical (unpaired) electrons. The summed E-state index contributed by atoms with van der Waals surface area (Å²) in [5.74, 6) is 10.4. The van der Waals surface area contributed by atoms with Gasteiger partial charge in [-0.3, -0.25) is 0 Å². The van der Waals surface area contributed by atoms with Crippen molar-refractivity contribution >= 4 is 5.97 Å². The monoisotopic (exact) mass is 368 g/mol. The third-order valence-electron chi connectivity index (χ3n) is 3.88. The smallest absolute Gasteiger partial charge is 0.342 e. The zero-order chi connectivity index (χ0) is 19.7. The largest absolute Gasteiger partial charge is 0.431 e. The lowest BCUT2D eigenvalue weighted by Crippen LogP contribution is -2.05. The van der Waals surface area contributed by atoms with Crippen molar-refractivity contribution in [3.8, 4) is 23.7 Å². The third-order valence-corrected chi connectivity index (χ3v) is 3.88. The van der Waals surface area contributed by atoms with Gasteiger partial charge in [-0.05, 0) is 55.7 Å². The van der Waals surface area contributed by atoms with Crippen LogP contribution in [0.5, 0.6) is 0 Å². The van der Waals surface area contributed by atoms with E-state index in [1.165, 1.54) is 6.26 Å². The highest BCUT2D eigenvalue weighted by Crippen LogP contribution is 2.09. The molecule has 0 saturated carbocycles. The second-order valence-electron chi connectivity index (χ2n) is 6.13. The molecule has 0 bridgehead atoms. The third kappa shape index (κ3) is 11.7. The molecule has 1 aromatic rings. The summed E-state index contributed by atoms with van der Waals surface area (Å²) in [6, 6.07) is 8.75. The number of esters is 1. The lowest BCUT2D eigenvalue weighted by molar-refractivity contribution is 0.0662. The first kappa shape index (κ1) is 22.5. The van der Waals surface area contributed by atoms with Gasteiger partial charge in [-0.2, -0.15) is 0 Å². The van der Waals surface area contributed by atoms with E-state index in [-0.39, 0.29) is 6.10 Å². The summed E-state index contributed by atoms with van der Waals surface area (Å²) < 4.78 is 4.98. The molecule has 27 heavy (non-hydrogen) atoms. The fraction of sp³-hybridized carbons (Fsp3) is 0.435. The van der Waals surface area contributed by atoms with Crippen molar-refractivity contribution in [1.82, 2.24) is 0 Å². The summed E-state index contributed by atoms with van der Waals surface area (Å²) in [6.07, 6.45) is 7.55. The number of aliphatic hydroxyl groups is 2. The van der Waals surface area contributed by atoms with E-state index in [0.717, 1.165) is 32.1 Å². The molecular weight excluding hydrogens is 340 g/mol. The molecule has 144 valence electrons. The Hall–Kier alpha value is -2.53. The summed E-state index contributed by atoms with van der Waals surface area (Å²) >= 11 is 0. The average molecular weight is 368 g/mol. The van der Waals surface area contributed by atoms with Crippen molar-refractivity contribution in [2.24, 2.45) is 0 Å². The maximum Gasteiger partial charge on any atom is 0.342 e. The molecule has 2 unspecified atom stereocenters. The van der Waals surface area contributed by atoms with Crippen LogP contribution < -0.4 is 0 Å². The van der Waals surface area contributed by atoms with Crippen LogP contribution in [0.3, 0.4) is 0 Å². The molecule has 0 aliphatic heterocycles. The Labute approximate surface area is 162 Å². The number of unbranched alkanes of at least 4 members (excludes halogenated alkanes) is 2. The van der Waals surface area contributed by atoms with Gasteiger partial charge < -0.3 is 14.9 Å². The minimum absolute atomic E-state index is 0.208. The standard InChI is InChI=1S/C23H28O4/c1-2-21(24)16-11-7-12-18-22(25)17-10-4-3-5-13-19-27-23(26)20-14-8-6-9-15-20/h6,8-9,13-15,19,21-22,24-25H,2,5,7,11-12,16,18H2,1H3/b19-13+. The number of ether oxygens (including phenoxy) is 1. The fourth-order valence-corrected chi connectivity index (χ4v) is 2.24. The highest BCUT2D eigenvalue weighted by Gasteiger charge is 2.03. The molecule has 0 aromatic heterocycles. The van der Waals surface area contributed by atoms with Gasteiger partial charge in [0.05, 0.1) is 17.9 Å². The number of carbonyl (C=O) groups is 1. The minimum atomic E-state index is -0.669. The van der Waals surface area contributed by atoms with E-state index in [1.54, 1.807) is 30.3 Å². The molecular formula is C23H28O4. The molecule has 0 heterocycles. The van der Waals surface area contributed by atoms with Crippen LogP contribution in [-0.4, -0.2) is 28.4 Å². The maximum atomic E-state index is 11.7. The molecule has 4 nitrogen and oxygen atoms in total. The second-order valence-corrected chi connectivity index (χ2v) is 6.13. The number of allylic oxidation sites excluding steroid dienone is 1. The molecule has 0 amide bonds. The van der Waals surface area contributed by atoms with E-state index in [0.29, 0.717) is 18.4 Å². The predicted molar refractivity (Wildman–Crippen MR) is 107 cm³/mol. The molecule has 0 aliphatic carbocycles. The first-order valence-corrected chi connectivity index (χ1v) is 9.39. The summed E-state index contributed by atoms with van der Waals surface area (Å²) in [7, 11) is 0. The van der Waals surface area contributed by atoms with Crippen molar-refractivity contribution < 1.29 is 19.7 Å². The van der Waals surface area contributed by atoms with Crippen molar-refractivity contribution in [3.05, 3.63) is 48.2 Å². The van der Waals surface area contributed by atoms with Crippen LogP contribution in [0.4, 0.5) is 0 Å². The van der Waals surface area contributed by atoms with E-state index >= 15 is 0 Å². The summed E-state index contributed by atoms with van der Waals surface area (Å²) in [5.41, 5.74) is 0.495. The second kappa shape index (κ2) is 14.6. The zero-order valence-electron chi connectivity index (χ0n) is 15.9. The van der Waals surface area contributed by atoms with Crippen LogP contribution in [0.25, 0.3) is 0 Å². The van der Waals surface area contributed by atoms with Gasteiger partial charge in [0.2, 0.25) is 0 Å². The van der Waals surface area contributed by atoms with Gasteiger partial charge in [-0.1, -0.05) is 49.8 Å². The van der Waals surface area contributed by atoms with E-state index in [9.17, 15) is 15.0 Å². The van der Waals surface area contributed by atoms with E-state index in [2.05, 4.69) is 23.7 Å². The molecule has 0 aliphatic rings. The Morgan fingerprint density at radius 1 is 1.11 bits per heavy atom. The number of carbonyl (C=O) groups excluding carboxylic acids is 1. The predicted octanol–water partition coefficient (Wildman–Crippen LogP) is 3.84. The van der Waals surface area contributed by atoms with Crippen molar-refractivity contribution in [3.63, 3.8) is 0 Å². The molecule has 1 aromatic carbocycles. The van der Waals surface area contributed by atoms with Crippen LogP contribution in [0, 0.1) is 23.7 Å². The number of aliphatic hydroxyl groups excluding tert-OH is 2. The summed E-state index contributed by atoms with van der Waals surface area (Å²) in [4.78, 5) is 11.7. The van der Waals surface area contributed by atoms with Crippen LogP contribution in [0.2, 0.25) is 0 Å². The highest BCUT2D eigenvalue weighted by molar-refractivity contribution is 5.89. The van der Waals surface area contributed by atoms with Gasteiger partial charge >= 0.3 is 5.97 Å². The molecule has 0 saturated heterocycles. The Kier molecular flexibility index (Phi) is 12.2. The minimum Gasteiger partial charge on any atom is -0.431 e. The Balaban J connectivity index is 2.14. The molecule has 2 atom stereocenters. The van der Waals surface area contributed by atoms with E-state index in [4.69, 9.17) is 4.74 Å².